The third-order valence-electron chi connectivity index (χ3n) is 3.63. The van der Waals surface area contributed by atoms with Gasteiger partial charge in [-0.15, -0.1) is 0 Å². The minimum Gasteiger partial charge on any atom is -0.492 e. The van der Waals surface area contributed by atoms with E-state index >= 15 is 0 Å². The molecule has 1 aliphatic carbocycles. The number of nitrogens with zero attached hydrogens (tertiary/aromatic N) is 1. The molecular formula is C18H24N4O2. The van der Waals surface area contributed by atoms with Gasteiger partial charge in [0.2, 0.25) is 0 Å². The molecule has 24 heavy (non-hydrogen) atoms. The van der Waals surface area contributed by atoms with Gasteiger partial charge in [-0.25, -0.2) is 4.99 Å². The van der Waals surface area contributed by atoms with Crippen LogP contribution in [0.5, 0.6) is 0 Å². The van der Waals surface area contributed by atoms with Crippen LogP contribution in [0.15, 0.2) is 52.9 Å². The number of nitrogens with two attached hydrogens (primary N) is 1. The summed E-state index contributed by atoms with van der Waals surface area (Å²) in [5.74, 6) is 0.547. The highest BCUT2D eigenvalue weighted by atomic mass is 16.5. The lowest BCUT2D eigenvalue weighted by Crippen LogP contribution is -2.21. The summed E-state index contributed by atoms with van der Waals surface area (Å²) in [6.07, 6.45) is 3.25. The van der Waals surface area contributed by atoms with Gasteiger partial charge in [0.05, 0.1) is 36.0 Å². The predicted octanol–water partition coefficient (Wildman–Crippen LogP) is 2.20. The number of hydrogen-bond acceptors (Lipinski definition) is 6. The van der Waals surface area contributed by atoms with Gasteiger partial charge in [0.25, 0.3) is 0 Å². The molecule has 0 bridgehead atoms. The summed E-state index contributed by atoms with van der Waals surface area (Å²) in [6, 6.07) is 7.93. The zero-order valence-corrected chi connectivity index (χ0v) is 14.0. The van der Waals surface area contributed by atoms with E-state index in [4.69, 9.17) is 21.0 Å². The van der Waals surface area contributed by atoms with E-state index in [1.54, 1.807) is 12.2 Å². The molecule has 0 heterocycles. The van der Waals surface area contributed by atoms with Crippen molar-refractivity contribution in [1.29, 1.82) is 5.41 Å². The first-order valence-electron chi connectivity index (χ1n) is 7.99. The Morgan fingerprint density at radius 1 is 1.29 bits per heavy atom. The maximum atomic E-state index is 8.86. The topological polar surface area (TPSA) is 104 Å². The van der Waals surface area contributed by atoms with E-state index in [0.29, 0.717) is 30.3 Å². The van der Waals surface area contributed by atoms with Crippen LogP contribution in [0.4, 0.5) is 5.69 Å². The van der Waals surface area contributed by atoms with Crippen molar-refractivity contribution in [3.63, 3.8) is 0 Å². The number of aliphatic imine (C=N–C) groups is 1. The number of rotatable bonds is 7. The first-order chi connectivity index (χ1) is 11.5. The fourth-order valence-corrected chi connectivity index (χ4v) is 2.33. The zero-order chi connectivity index (χ0) is 17.5. The van der Waals surface area contributed by atoms with Crippen LogP contribution >= 0.6 is 0 Å². The normalized spacial score (nSPS) is 17.5. The van der Waals surface area contributed by atoms with Crippen molar-refractivity contribution >= 4 is 17.1 Å². The van der Waals surface area contributed by atoms with Crippen molar-refractivity contribution in [1.82, 2.24) is 5.32 Å². The number of allylic oxidation sites excluding steroid dienone is 2. The van der Waals surface area contributed by atoms with Gasteiger partial charge in [-0.1, -0.05) is 12.1 Å². The molecule has 0 fully saturated rings. The van der Waals surface area contributed by atoms with Crippen LogP contribution in [0.2, 0.25) is 0 Å². The Balaban J connectivity index is 2.17. The maximum absolute atomic E-state index is 8.86. The molecule has 6 heteroatoms. The molecule has 1 atom stereocenters. The average Bonchev–Trinajstić information content (AvgIpc) is 2.57. The molecule has 0 aromatic heterocycles. The van der Waals surface area contributed by atoms with Crippen molar-refractivity contribution in [2.24, 2.45) is 10.7 Å². The van der Waals surface area contributed by atoms with Crippen LogP contribution in [0.3, 0.4) is 0 Å². The molecule has 1 aromatic carbocycles. The minimum atomic E-state index is 0.114. The van der Waals surface area contributed by atoms with Crippen LogP contribution in [0.1, 0.15) is 25.5 Å². The second kappa shape index (κ2) is 8.42. The molecule has 1 unspecified atom stereocenters. The minimum absolute atomic E-state index is 0.114. The quantitative estimate of drug-likeness (QED) is 0.576. The smallest absolute Gasteiger partial charge is 0.144 e. The monoisotopic (exact) mass is 328 g/mol. The Hall–Kier alpha value is -2.44. The Morgan fingerprint density at radius 3 is 2.62 bits per heavy atom. The predicted molar refractivity (Wildman–Crippen MR) is 96.7 cm³/mol. The molecule has 0 amide bonds. The van der Waals surface area contributed by atoms with E-state index in [1.807, 2.05) is 38.1 Å². The van der Waals surface area contributed by atoms with Gasteiger partial charge in [0, 0.05) is 18.7 Å². The highest BCUT2D eigenvalue weighted by Crippen LogP contribution is 2.20. The molecule has 1 aromatic rings. The summed E-state index contributed by atoms with van der Waals surface area (Å²) in [6.45, 7) is 5.10. The van der Waals surface area contributed by atoms with E-state index in [0.717, 1.165) is 11.3 Å². The van der Waals surface area contributed by atoms with E-state index in [-0.39, 0.29) is 18.4 Å². The van der Waals surface area contributed by atoms with Crippen molar-refractivity contribution in [2.75, 3.05) is 19.8 Å². The summed E-state index contributed by atoms with van der Waals surface area (Å²) in [4.78, 5) is 4.50. The number of ether oxygens (including phenoxy) is 1. The molecule has 0 aliphatic heterocycles. The zero-order valence-electron chi connectivity index (χ0n) is 14.0. The highest BCUT2D eigenvalue weighted by Gasteiger charge is 2.15. The molecule has 1 aliphatic rings. The largest absolute Gasteiger partial charge is 0.492 e. The molecule has 0 saturated carbocycles. The molecule has 2 rings (SSSR count). The SMILES string of the molecule is CCOC1=CC(=Nc2ccc(C(C)NCCO)cc2)C(=N)C=C1N. The summed E-state index contributed by atoms with van der Waals surface area (Å²) >= 11 is 0. The third kappa shape index (κ3) is 4.53. The van der Waals surface area contributed by atoms with E-state index in [2.05, 4.69) is 10.3 Å². The van der Waals surface area contributed by atoms with Crippen LogP contribution in [-0.4, -0.2) is 36.3 Å². The Labute approximate surface area is 142 Å². The number of aliphatic hydroxyl groups is 1. The first kappa shape index (κ1) is 17.9. The van der Waals surface area contributed by atoms with E-state index in [9.17, 15) is 0 Å². The lowest BCUT2D eigenvalue weighted by molar-refractivity contribution is 0.237. The standard InChI is InChI=1S/C18H24N4O2/c1-3-24-18-11-17(15(19)10-16(18)20)22-14-6-4-13(5-7-14)12(2)21-8-9-23/h4-7,10-12,19,21,23H,3,8-9,20H2,1-2H3. The van der Waals surface area contributed by atoms with Crippen molar-refractivity contribution in [2.45, 2.75) is 19.9 Å². The molecule has 5 N–H and O–H groups in total. The van der Waals surface area contributed by atoms with Crippen LogP contribution in [0.25, 0.3) is 0 Å². The van der Waals surface area contributed by atoms with Crippen molar-refractivity contribution in [3.8, 4) is 0 Å². The Kier molecular flexibility index (Phi) is 6.28. The third-order valence-corrected chi connectivity index (χ3v) is 3.63. The molecule has 0 saturated heterocycles. The summed E-state index contributed by atoms with van der Waals surface area (Å²) < 4.78 is 5.46. The molecule has 128 valence electrons. The lowest BCUT2D eigenvalue weighted by Gasteiger charge is -2.15. The fraction of sp³-hybridized carbons (Fsp3) is 0.333. The van der Waals surface area contributed by atoms with Crippen molar-refractivity contribution in [3.05, 3.63) is 53.4 Å². The molecular weight excluding hydrogens is 304 g/mol. The number of benzene rings is 1. The van der Waals surface area contributed by atoms with Gasteiger partial charge in [-0.05, 0) is 37.6 Å². The number of hydrogen-bond donors (Lipinski definition) is 4. The van der Waals surface area contributed by atoms with Crippen LogP contribution in [-0.2, 0) is 4.74 Å². The van der Waals surface area contributed by atoms with Gasteiger partial charge in [0.1, 0.15) is 5.76 Å². The Bertz CT molecular complexity index is 675. The fourth-order valence-electron chi connectivity index (χ4n) is 2.33. The maximum Gasteiger partial charge on any atom is 0.144 e. The van der Waals surface area contributed by atoms with Gasteiger partial charge in [-0.2, -0.15) is 0 Å². The van der Waals surface area contributed by atoms with Crippen molar-refractivity contribution < 1.29 is 9.84 Å². The van der Waals surface area contributed by atoms with Gasteiger partial charge in [-0.3, -0.25) is 5.41 Å². The van der Waals surface area contributed by atoms with Crippen LogP contribution < -0.4 is 11.1 Å². The van der Waals surface area contributed by atoms with Gasteiger partial charge >= 0.3 is 0 Å². The second-order valence-electron chi connectivity index (χ2n) is 5.44. The first-order valence-corrected chi connectivity index (χ1v) is 7.99. The Morgan fingerprint density at radius 2 is 2.00 bits per heavy atom. The summed E-state index contributed by atoms with van der Waals surface area (Å²) in [7, 11) is 0. The van der Waals surface area contributed by atoms with E-state index in [1.165, 1.54) is 0 Å². The van der Waals surface area contributed by atoms with Gasteiger partial charge < -0.3 is 20.9 Å². The van der Waals surface area contributed by atoms with Gasteiger partial charge in [0.15, 0.2) is 0 Å². The average molecular weight is 328 g/mol. The summed E-state index contributed by atoms with van der Waals surface area (Å²) in [5, 5.41) is 20.1. The van der Waals surface area contributed by atoms with E-state index < -0.39 is 0 Å². The number of aliphatic hydroxyl groups excluding tert-OH is 1. The highest BCUT2D eigenvalue weighted by molar-refractivity contribution is 6.50. The summed E-state index contributed by atoms with van der Waals surface area (Å²) in [5.41, 5.74) is 8.95. The lowest BCUT2D eigenvalue weighted by atomic mass is 10.1. The number of nitrogens with one attached hydrogen (secondary N) is 2. The molecule has 6 nitrogen and oxygen atoms in total. The molecule has 0 spiro atoms. The van der Waals surface area contributed by atoms with Crippen LogP contribution in [0, 0.1) is 5.41 Å². The second-order valence-corrected chi connectivity index (χ2v) is 5.44. The molecule has 0 radical (unpaired) electrons.